The average Bonchev–Trinajstić information content (AvgIpc) is 2.59. The second-order valence-electron chi connectivity index (χ2n) is 6.76. The van der Waals surface area contributed by atoms with Crippen molar-refractivity contribution in [2.24, 2.45) is 5.92 Å². The van der Waals surface area contributed by atoms with Gasteiger partial charge < -0.3 is 20.7 Å². The maximum Gasteiger partial charge on any atom is 0.314 e. The van der Waals surface area contributed by atoms with Gasteiger partial charge >= 0.3 is 6.03 Å². The van der Waals surface area contributed by atoms with E-state index >= 15 is 0 Å². The Morgan fingerprint density at radius 1 is 1.16 bits per heavy atom. The lowest BCUT2D eigenvalue weighted by atomic mass is 9.92. The summed E-state index contributed by atoms with van der Waals surface area (Å²) < 4.78 is 5.71. The third kappa shape index (κ3) is 6.38. The predicted octanol–water partition coefficient (Wildman–Crippen LogP) is 2.09. The van der Waals surface area contributed by atoms with Crippen molar-refractivity contribution in [3.05, 3.63) is 35.4 Å². The fourth-order valence-electron chi connectivity index (χ4n) is 3.34. The van der Waals surface area contributed by atoms with Gasteiger partial charge in [-0.1, -0.05) is 12.1 Å². The molecule has 2 rings (SSSR count). The number of amides is 3. The maximum atomic E-state index is 11.9. The zero-order chi connectivity index (χ0) is 18.2. The number of benzene rings is 1. The molecule has 1 aliphatic rings. The number of ether oxygens (including phenoxy) is 1. The largest absolute Gasteiger partial charge is 0.376 e. The summed E-state index contributed by atoms with van der Waals surface area (Å²) in [6, 6.07) is 7.29. The lowest BCUT2D eigenvalue weighted by Gasteiger charge is -2.32. The van der Waals surface area contributed by atoms with Crippen LogP contribution < -0.4 is 16.0 Å². The molecule has 0 bridgehead atoms. The monoisotopic (exact) mass is 347 g/mol. The number of hydrogen-bond acceptors (Lipinski definition) is 3. The van der Waals surface area contributed by atoms with Gasteiger partial charge in [-0.05, 0) is 56.7 Å². The van der Waals surface area contributed by atoms with E-state index in [1.807, 2.05) is 18.2 Å². The van der Waals surface area contributed by atoms with E-state index in [-0.39, 0.29) is 24.1 Å². The molecule has 0 aliphatic carbocycles. The molecular weight excluding hydrogens is 318 g/mol. The van der Waals surface area contributed by atoms with E-state index in [1.54, 1.807) is 13.1 Å². The van der Waals surface area contributed by atoms with E-state index in [0.717, 1.165) is 18.4 Å². The molecule has 1 fully saturated rings. The molecule has 0 aromatic heterocycles. The van der Waals surface area contributed by atoms with Crippen LogP contribution in [0.5, 0.6) is 0 Å². The van der Waals surface area contributed by atoms with Crippen LogP contribution in [-0.2, 0) is 11.2 Å². The molecule has 25 heavy (non-hydrogen) atoms. The Hall–Kier alpha value is -2.08. The van der Waals surface area contributed by atoms with Gasteiger partial charge in [-0.3, -0.25) is 4.79 Å². The quantitative estimate of drug-likeness (QED) is 0.737. The molecular formula is C19H29N3O3. The highest BCUT2D eigenvalue weighted by Gasteiger charge is 2.24. The summed E-state index contributed by atoms with van der Waals surface area (Å²) in [7, 11) is 1.61. The van der Waals surface area contributed by atoms with Crippen LogP contribution >= 0.6 is 0 Å². The Morgan fingerprint density at radius 2 is 1.88 bits per heavy atom. The van der Waals surface area contributed by atoms with Crippen molar-refractivity contribution in [1.29, 1.82) is 0 Å². The summed E-state index contributed by atoms with van der Waals surface area (Å²) in [5.74, 6) is 0.362. The first-order chi connectivity index (χ1) is 12.0. The van der Waals surface area contributed by atoms with Crippen molar-refractivity contribution in [2.45, 2.75) is 45.3 Å². The van der Waals surface area contributed by atoms with E-state index in [4.69, 9.17) is 4.74 Å². The van der Waals surface area contributed by atoms with Gasteiger partial charge in [0, 0.05) is 25.7 Å². The molecule has 3 atom stereocenters. The van der Waals surface area contributed by atoms with Gasteiger partial charge in [0.1, 0.15) is 0 Å². The van der Waals surface area contributed by atoms with Crippen molar-refractivity contribution >= 4 is 11.9 Å². The number of urea groups is 1. The number of rotatable bonds is 6. The van der Waals surface area contributed by atoms with Gasteiger partial charge in [0.2, 0.25) is 0 Å². The number of nitrogens with one attached hydrogen (secondary N) is 3. The molecule has 1 saturated heterocycles. The number of hydrogen-bond donors (Lipinski definition) is 3. The molecule has 6 nitrogen and oxygen atoms in total. The average molecular weight is 347 g/mol. The molecule has 0 saturated carbocycles. The highest BCUT2D eigenvalue weighted by atomic mass is 16.5. The van der Waals surface area contributed by atoms with Gasteiger partial charge in [-0.25, -0.2) is 4.79 Å². The zero-order valence-electron chi connectivity index (χ0n) is 15.3. The number of carbonyl (C=O) groups is 2. The molecule has 6 heteroatoms. The van der Waals surface area contributed by atoms with E-state index in [2.05, 4.69) is 29.8 Å². The third-order valence-corrected chi connectivity index (χ3v) is 4.46. The van der Waals surface area contributed by atoms with Crippen LogP contribution in [-0.4, -0.2) is 44.3 Å². The molecule has 1 heterocycles. The van der Waals surface area contributed by atoms with Gasteiger partial charge in [0.15, 0.2) is 0 Å². The van der Waals surface area contributed by atoms with Gasteiger partial charge in [-0.15, -0.1) is 0 Å². The first-order valence-corrected chi connectivity index (χ1v) is 8.96. The van der Waals surface area contributed by atoms with Crippen molar-refractivity contribution in [3.8, 4) is 0 Å². The summed E-state index contributed by atoms with van der Waals surface area (Å²) in [4.78, 5) is 23.6. The SMILES string of the molecule is CNC(=O)c1cccc(CCNC(=O)NCC2C[C@@H](C)O[C@@H](C)C2)c1. The first-order valence-electron chi connectivity index (χ1n) is 8.96. The zero-order valence-corrected chi connectivity index (χ0v) is 15.3. The molecule has 1 aromatic carbocycles. The minimum Gasteiger partial charge on any atom is -0.376 e. The van der Waals surface area contributed by atoms with Gasteiger partial charge in [0.25, 0.3) is 5.91 Å². The van der Waals surface area contributed by atoms with Crippen LogP contribution in [0, 0.1) is 5.92 Å². The smallest absolute Gasteiger partial charge is 0.314 e. The van der Waals surface area contributed by atoms with Gasteiger partial charge in [-0.2, -0.15) is 0 Å². The Bertz CT molecular complexity index is 581. The summed E-state index contributed by atoms with van der Waals surface area (Å²) in [5.41, 5.74) is 1.65. The summed E-state index contributed by atoms with van der Waals surface area (Å²) >= 11 is 0. The Labute approximate surface area is 149 Å². The Balaban J connectivity index is 1.69. The highest BCUT2D eigenvalue weighted by molar-refractivity contribution is 5.94. The van der Waals surface area contributed by atoms with Crippen molar-refractivity contribution < 1.29 is 14.3 Å². The van der Waals surface area contributed by atoms with Crippen LogP contribution in [0.15, 0.2) is 24.3 Å². The predicted molar refractivity (Wildman–Crippen MR) is 97.7 cm³/mol. The highest BCUT2D eigenvalue weighted by Crippen LogP contribution is 2.23. The molecule has 1 aliphatic heterocycles. The molecule has 0 spiro atoms. The van der Waals surface area contributed by atoms with E-state index < -0.39 is 0 Å². The molecule has 138 valence electrons. The fraction of sp³-hybridized carbons (Fsp3) is 0.579. The minimum absolute atomic E-state index is 0.104. The second-order valence-corrected chi connectivity index (χ2v) is 6.76. The summed E-state index contributed by atoms with van der Waals surface area (Å²) in [5, 5.41) is 8.43. The first kappa shape index (κ1) is 19.2. The standard InChI is InChI=1S/C19H29N3O3/c1-13-9-16(10-14(2)25-13)12-22-19(24)21-8-7-15-5-4-6-17(11-15)18(23)20-3/h4-6,11,13-14,16H,7-10,12H2,1-3H3,(H,20,23)(H2,21,22,24)/t13-,14+,16?. The van der Waals surface area contributed by atoms with Crippen molar-refractivity contribution in [1.82, 2.24) is 16.0 Å². The van der Waals surface area contributed by atoms with Crippen molar-refractivity contribution in [2.75, 3.05) is 20.1 Å². The molecule has 1 unspecified atom stereocenters. The Kier molecular flexibility index (Phi) is 7.25. The van der Waals surface area contributed by atoms with Gasteiger partial charge in [0.05, 0.1) is 12.2 Å². The second kappa shape index (κ2) is 9.42. The van der Waals surface area contributed by atoms with E-state index in [9.17, 15) is 9.59 Å². The molecule has 3 amide bonds. The third-order valence-electron chi connectivity index (χ3n) is 4.46. The van der Waals surface area contributed by atoms with Crippen LogP contribution in [0.2, 0.25) is 0 Å². The fourth-order valence-corrected chi connectivity index (χ4v) is 3.34. The summed E-state index contributed by atoms with van der Waals surface area (Å²) in [6.07, 6.45) is 3.16. The lowest BCUT2D eigenvalue weighted by Crippen LogP contribution is -2.41. The number of carbonyl (C=O) groups excluding carboxylic acids is 2. The summed E-state index contributed by atoms with van der Waals surface area (Å²) in [6.45, 7) is 5.37. The van der Waals surface area contributed by atoms with Crippen LogP contribution in [0.1, 0.15) is 42.6 Å². The lowest BCUT2D eigenvalue weighted by molar-refractivity contribution is -0.0511. The van der Waals surface area contributed by atoms with E-state index in [0.29, 0.717) is 31.0 Å². The maximum absolute atomic E-state index is 11.9. The molecule has 3 N–H and O–H groups in total. The topological polar surface area (TPSA) is 79.5 Å². The van der Waals surface area contributed by atoms with Crippen LogP contribution in [0.4, 0.5) is 4.79 Å². The molecule has 0 radical (unpaired) electrons. The Morgan fingerprint density at radius 3 is 2.56 bits per heavy atom. The normalized spacial score (nSPS) is 22.9. The van der Waals surface area contributed by atoms with Crippen LogP contribution in [0.3, 0.4) is 0 Å². The molecule has 1 aromatic rings. The minimum atomic E-state index is -0.144. The van der Waals surface area contributed by atoms with Crippen LogP contribution in [0.25, 0.3) is 0 Å². The van der Waals surface area contributed by atoms with Crippen molar-refractivity contribution in [3.63, 3.8) is 0 Å². The van der Waals surface area contributed by atoms with E-state index in [1.165, 1.54) is 0 Å².